The van der Waals surface area contributed by atoms with Gasteiger partial charge in [-0.2, -0.15) is 0 Å². The van der Waals surface area contributed by atoms with Gasteiger partial charge in [-0.1, -0.05) is 23.4 Å². The number of fused-ring (bicyclic) bond motifs is 1. The molecule has 0 bridgehead atoms. The summed E-state index contributed by atoms with van der Waals surface area (Å²) >= 11 is 7.30. The molecule has 0 radical (unpaired) electrons. The Hall–Kier alpha value is -2.71. The number of rotatable bonds is 7. The zero-order chi connectivity index (χ0) is 22.7. The van der Waals surface area contributed by atoms with Gasteiger partial charge in [-0.25, -0.2) is 4.98 Å². The van der Waals surface area contributed by atoms with Crippen molar-refractivity contribution < 1.29 is 14.3 Å². The fourth-order valence-electron chi connectivity index (χ4n) is 3.03. The molecule has 1 amide bonds. The number of carbonyl (C=O) groups is 1. The Labute approximate surface area is 189 Å². The minimum Gasteiger partial charge on any atom is -0.497 e. The molecule has 0 spiro atoms. The van der Waals surface area contributed by atoms with Crippen molar-refractivity contribution in [2.24, 2.45) is 0 Å². The van der Waals surface area contributed by atoms with Gasteiger partial charge in [0.1, 0.15) is 11.5 Å². The maximum absolute atomic E-state index is 13.0. The number of anilines is 1. The third-order valence-corrected chi connectivity index (χ3v) is 5.92. The minimum absolute atomic E-state index is 0.125. The second-order valence-corrected chi connectivity index (χ2v) is 8.92. The summed E-state index contributed by atoms with van der Waals surface area (Å²) in [6, 6.07) is 10.0. The quantitative estimate of drug-likeness (QED) is 0.403. The highest BCUT2D eigenvalue weighted by Gasteiger charge is 2.21. The molecule has 1 heterocycles. The SMILES string of the molecule is COc1cc(NC(=O)C(C)Sc2nc3cc(Cl)ccc3c(=O)n2C(C)C)cc(OC)c1. The van der Waals surface area contributed by atoms with E-state index in [-0.39, 0.29) is 17.5 Å². The fourth-order valence-corrected chi connectivity index (χ4v) is 4.23. The molecule has 31 heavy (non-hydrogen) atoms. The summed E-state index contributed by atoms with van der Waals surface area (Å²) in [4.78, 5) is 30.5. The van der Waals surface area contributed by atoms with E-state index in [1.165, 1.54) is 11.8 Å². The zero-order valence-corrected chi connectivity index (χ0v) is 19.5. The molecule has 0 saturated heterocycles. The number of nitrogens with one attached hydrogen (secondary N) is 1. The van der Waals surface area contributed by atoms with Gasteiger partial charge in [0.05, 0.1) is 30.4 Å². The molecular formula is C22H24ClN3O4S. The Morgan fingerprint density at radius 3 is 2.32 bits per heavy atom. The summed E-state index contributed by atoms with van der Waals surface area (Å²) in [5.74, 6) is 0.893. The van der Waals surface area contributed by atoms with Crippen LogP contribution in [0, 0.1) is 0 Å². The summed E-state index contributed by atoms with van der Waals surface area (Å²) in [5, 5.41) is 3.79. The van der Waals surface area contributed by atoms with Gasteiger partial charge in [0.25, 0.3) is 5.56 Å². The van der Waals surface area contributed by atoms with E-state index in [4.69, 9.17) is 21.1 Å². The number of hydrogen-bond donors (Lipinski definition) is 1. The van der Waals surface area contributed by atoms with Crippen molar-refractivity contribution in [3.05, 3.63) is 51.8 Å². The second-order valence-electron chi connectivity index (χ2n) is 7.18. The predicted octanol–water partition coefficient (Wildman–Crippen LogP) is 4.77. The minimum atomic E-state index is -0.522. The monoisotopic (exact) mass is 461 g/mol. The van der Waals surface area contributed by atoms with Crippen LogP contribution in [0.3, 0.4) is 0 Å². The third-order valence-electron chi connectivity index (χ3n) is 4.62. The molecule has 164 valence electrons. The van der Waals surface area contributed by atoms with Crippen LogP contribution in [0.4, 0.5) is 5.69 Å². The summed E-state index contributed by atoms with van der Waals surface area (Å²) in [7, 11) is 3.09. The first-order valence-corrected chi connectivity index (χ1v) is 10.9. The molecule has 0 saturated carbocycles. The summed E-state index contributed by atoms with van der Waals surface area (Å²) < 4.78 is 12.1. The van der Waals surface area contributed by atoms with Gasteiger partial charge in [0, 0.05) is 35.0 Å². The van der Waals surface area contributed by atoms with Gasteiger partial charge >= 0.3 is 0 Å². The van der Waals surface area contributed by atoms with E-state index in [1.54, 1.807) is 62.1 Å². The van der Waals surface area contributed by atoms with Crippen molar-refractivity contribution >= 4 is 45.9 Å². The van der Waals surface area contributed by atoms with Crippen LogP contribution in [0.1, 0.15) is 26.8 Å². The number of ether oxygens (including phenoxy) is 2. The largest absolute Gasteiger partial charge is 0.497 e. The Morgan fingerprint density at radius 2 is 1.74 bits per heavy atom. The molecule has 0 aliphatic carbocycles. The van der Waals surface area contributed by atoms with Crippen molar-refractivity contribution in [2.75, 3.05) is 19.5 Å². The Kier molecular flexibility index (Phi) is 7.12. The number of carbonyl (C=O) groups excluding carboxylic acids is 1. The van der Waals surface area contributed by atoms with Gasteiger partial charge < -0.3 is 14.8 Å². The topological polar surface area (TPSA) is 82.5 Å². The van der Waals surface area contributed by atoms with Gasteiger partial charge in [0.2, 0.25) is 5.91 Å². The molecule has 9 heteroatoms. The number of thioether (sulfide) groups is 1. The number of nitrogens with zero attached hydrogens (tertiary/aromatic N) is 2. The number of hydrogen-bond acceptors (Lipinski definition) is 6. The van der Waals surface area contributed by atoms with Crippen LogP contribution in [0.15, 0.2) is 46.3 Å². The molecule has 0 aliphatic rings. The lowest BCUT2D eigenvalue weighted by Crippen LogP contribution is -2.28. The first-order chi connectivity index (χ1) is 14.7. The molecule has 1 aromatic heterocycles. The molecule has 3 rings (SSSR count). The van der Waals surface area contributed by atoms with Crippen molar-refractivity contribution in [1.29, 1.82) is 0 Å². The van der Waals surface area contributed by atoms with E-state index >= 15 is 0 Å². The van der Waals surface area contributed by atoms with Gasteiger partial charge in [-0.15, -0.1) is 0 Å². The van der Waals surface area contributed by atoms with Crippen molar-refractivity contribution in [3.8, 4) is 11.5 Å². The first-order valence-electron chi connectivity index (χ1n) is 9.66. The Morgan fingerprint density at radius 1 is 1.10 bits per heavy atom. The highest BCUT2D eigenvalue weighted by molar-refractivity contribution is 8.00. The maximum atomic E-state index is 13.0. The average Bonchev–Trinajstić information content (AvgIpc) is 2.72. The number of halogens is 1. The second kappa shape index (κ2) is 9.62. The molecule has 2 aromatic carbocycles. The summed E-state index contributed by atoms with van der Waals surface area (Å²) in [6.45, 7) is 5.57. The third kappa shape index (κ3) is 5.14. The Balaban J connectivity index is 1.90. The van der Waals surface area contributed by atoms with Gasteiger partial charge in [0.15, 0.2) is 5.16 Å². The lowest BCUT2D eigenvalue weighted by molar-refractivity contribution is -0.115. The lowest BCUT2D eigenvalue weighted by Gasteiger charge is -2.19. The van der Waals surface area contributed by atoms with Crippen LogP contribution in [0.5, 0.6) is 11.5 Å². The number of aromatic nitrogens is 2. The smallest absolute Gasteiger partial charge is 0.262 e. The van der Waals surface area contributed by atoms with Crippen LogP contribution in [-0.4, -0.2) is 34.9 Å². The van der Waals surface area contributed by atoms with Gasteiger partial charge in [-0.05, 0) is 39.0 Å². The molecule has 1 N–H and O–H groups in total. The van der Waals surface area contributed by atoms with Crippen LogP contribution in [0.25, 0.3) is 10.9 Å². The lowest BCUT2D eigenvalue weighted by atomic mass is 10.2. The van der Waals surface area contributed by atoms with Crippen molar-refractivity contribution in [2.45, 2.75) is 37.2 Å². The molecule has 7 nitrogen and oxygen atoms in total. The molecule has 0 aliphatic heterocycles. The van der Waals surface area contributed by atoms with Crippen molar-refractivity contribution in [1.82, 2.24) is 9.55 Å². The molecule has 1 unspecified atom stereocenters. The average molecular weight is 462 g/mol. The molecule has 0 fully saturated rings. The van der Waals surface area contributed by atoms with Crippen molar-refractivity contribution in [3.63, 3.8) is 0 Å². The highest BCUT2D eigenvalue weighted by Crippen LogP contribution is 2.29. The highest BCUT2D eigenvalue weighted by atomic mass is 35.5. The van der Waals surface area contributed by atoms with E-state index in [9.17, 15) is 9.59 Å². The van der Waals surface area contributed by atoms with Crippen LogP contribution in [-0.2, 0) is 4.79 Å². The van der Waals surface area contributed by atoms with Crippen LogP contribution in [0.2, 0.25) is 5.02 Å². The number of benzene rings is 2. The van der Waals surface area contributed by atoms with Crippen LogP contribution < -0.4 is 20.3 Å². The van der Waals surface area contributed by atoms with Crippen LogP contribution >= 0.6 is 23.4 Å². The fraction of sp³-hybridized carbons (Fsp3) is 0.318. The molecular weight excluding hydrogens is 438 g/mol. The van der Waals surface area contributed by atoms with E-state index in [0.29, 0.717) is 38.3 Å². The van der Waals surface area contributed by atoms with E-state index in [1.807, 2.05) is 13.8 Å². The Bertz CT molecular complexity index is 1160. The predicted molar refractivity (Wildman–Crippen MR) is 125 cm³/mol. The maximum Gasteiger partial charge on any atom is 0.262 e. The number of methoxy groups -OCH3 is 2. The molecule has 3 aromatic rings. The summed E-state index contributed by atoms with van der Waals surface area (Å²) in [5.41, 5.74) is 0.888. The normalized spacial score (nSPS) is 12.1. The number of amides is 1. The zero-order valence-electron chi connectivity index (χ0n) is 17.9. The van der Waals surface area contributed by atoms with E-state index in [2.05, 4.69) is 10.3 Å². The molecule has 1 atom stereocenters. The van der Waals surface area contributed by atoms with E-state index in [0.717, 1.165) is 0 Å². The first kappa shape index (κ1) is 23.0. The van der Waals surface area contributed by atoms with E-state index < -0.39 is 5.25 Å². The summed E-state index contributed by atoms with van der Waals surface area (Å²) in [6.07, 6.45) is 0. The van der Waals surface area contributed by atoms with Gasteiger partial charge in [-0.3, -0.25) is 14.2 Å². The standard InChI is InChI=1S/C22H24ClN3O4S/c1-12(2)26-21(28)18-7-6-14(23)8-19(18)25-22(26)31-13(3)20(27)24-15-9-16(29-4)11-17(10-15)30-5/h6-13H,1-5H3,(H,24,27).